The largest absolute Gasteiger partial charge is 0.304 e. The average Bonchev–Trinajstić information content (AvgIpc) is 2.83. The van der Waals surface area contributed by atoms with Gasteiger partial charge in [-0.25, -0.2) is 0 Å². The fourth-order valence-electron chi connectivity index (χ4n) is 5.10. The maximum absolute atomic E-state index is 6.77. The first kappa shape index (κ1) is 17.4. The third-order valence-electron chi connectivity index (χ3n) is 6.44. The van der Waals surface area contributed by atoms with E-state index in [9.17, 15) is 0 Å². The Labute approximate surface area is 185 Å². The second-order valence-electron chi connectivity index (χ2n) is 8.03. The molecule has 2 aliphatic rings. The minimum atomic E-state index is -2.33. The Balaban J connectivity index is 1.70. The molecular weight excluding hydrogens is 415 g/mol. The van der Waals surface area contributed by atoms with Gasteiger partial charge in [-0.2, -0.15) is 0 Å². The van der Waals surface area contributed by atoms with Gasteiger partial charge < -0.3 is 4.67 Å². The molecule has 7 rings (SSSR count). The zero-order valence-electron chi connectivity index (χ0n) is 16.6. The number of anilines is 2. The van der Waals surface area contributed by atoms with Gasteiger partial charge >= 0.3 is 0 Å². The van der Waals surface area contributed by atoms with E-state index in [1.807, 2.05) is 12.4 Å². The Morgan fingerprint density at radius 3 is 2.16 bits per heavy atom. The number of nitrogens with zero attached hydrogens (tertiary/aromatic N) is 2. The van der Waals surface area contributed by atoms with Crippen molar-refractivity contribution in [2.45, 2.75) is 0 Å². The van der Waals surface area contributed by atoms with E-state index in [1.165, 1.54) is 43.8 Å². The molecule has 4 aromatic carbocycles. The predicted octanol–water partition coefficient (Wildman–Crippen LogP) is 6.38. The van der Waals surface area contributed by atoms with Gasteiger partial charge in [0, 0.05) is 34.1 Å². The maximum Gasteiger partial charge on any atom is 0.0985 e. The van der Waals surface area contributed by atoms with Crippen LogP contribution in [0, 0.1) is 0 Å². The minimum absolute atomic E-state index is 1.15. The summed E-state index contributed by atoms with van der Waals surface area (Å²) in [6, 6.07) is 32.7. The molecular formula is C27H17N2PS. The molecule has 4 heteroatoms. The summed E-state index contributed by atoms with van der Waals surface area (Å²) in [4.78, 5) is 4.45. The average molecular weight is 432 g/mol. The molecule has 3 heterocycles. The van der Waals surface area contributed by atoms with Gasteiger partial charge in [-0.05, 0) is 46.2 Å². The van der Waals surface area contributed by atoms with Gasteiger partial charge in [0.25, 0.3) is 0 Å². The second-order valence-corrected chi connectivity index (χ2v) is 12.1. The first-order chi connectivity index (χ1) is 15.3. The number of hydrogen-bond acceptors (Lipinski definition) is 2. The van der Waals surface area contributed by atoms with E-state index >= 15 is 0 Å². The van der Waals surface area contributed by atoms with E-state index in [0.29, 0.717) is 0 Å². The molecule has 1 unspecified atom stereocenters. The van der Waals surface area contributed by atoms with Crippen LogP contribution in [-0.4, -0.2) is 4.98 Å². The third kappa shape index (κ3) is 2.18. The van der Waals surface area contributed by atoms with Crippen LogP contribution in [0.15, 0.2) is 103 Å². The number of aromatic nitrogens is 1. The fourth-order valence-corrected chi connectivity index (χ4v) is 9.84. The molecule has 1 aromatic heterocycles. The summed E-state index contributed by atoms with van der Waals surface area (Å²) in [7, 11) is 0. The number of benzene rings is 4. The van der Waals surface area contributed by atoms with Crippen LogP contribution in [0.25, 0.3) is 33.0 Å². The quantitative estimate of drug-likeness (QED) is 0.264. The number of rotatable bonds is 0. The van der Waals surface area contributed by atoms with Crippen molar-refractivity contribution >= 4 is 50.8 Å². The van der Waals surface area contributed by atoms with Gasteiger partial charge in [-0.1, -0.05) is 78.5 Å². The number of hydrogen-bond donors (Lipinski definition) is 0. The number of fused-ring (bicyclic) bond motifs is 12. The molecule has 0 saturated carbocycles. The van der Waals surface area contributed by atoms with E-state index in [2.05, 4.69) is 101 Å². The molecule has 0 spiro atoms. The van der Waals surface area contributed by atoms with Crippen molar-refractivity contribution in [3.8, 4) is 22.3 Å². The molecule has 0 radical (unpaired) electrons. The van der Waals surface area contributed by atoms with Gasteiger partial charge in [-0.3, -0.25) is 4.98 Å². The lowest BCUT2D eigenvalue weighted by Crippen LogP contribution is -2.37. The Morgan fingerprint density at radius 1 is 0.613 bits per heavy atom. The van der Waals surface area contributed by atoms with Crippen molar-refractivity contribution in [3.63, 3.8) is 0 Å². The number of para-hydroxylation sites is 1. The predicted molar refractivity (Wildman–Crippen MR) is 135 cm³/mol. The van der Waals surface area contributed by atoms with Crippen LogP contribution in [0.3, 0.4) is 0 Å². The normalized spacial score (nSPS) is 17.9. The minimum Gasteiger partial charge on any atom is -0.304 e. The molecule has 31 heavy (non-hydrogen) atoms. The van der Waals surface area contributed by atoms with E-state index in [0.717, 1.165) is 11.3 Å². The van der Waals surface area contributed by atoms with Crippen LogP contribution in [0.2, 0.25) is 0 Å². The summed E-state index contributed by atoms with van der Waals surface area (Å²) in [6.45, 7) is 0. The number of pyridine rings is 1. The first-order valence-electron chi connectivity index (χ1n) is 10.3. The highest BCUT2D eigenvalue weighted by Gasteiger charge is 2.44. The lowest BCUT2D eigenvalue weighted by molar-refractivity contribution is 1.29. The van der Waals surface area contributed by atoms with Crippen molar-refractivity contribution in [1.82, 2.24) is 4.98 Å². The Kier molecular flexibility index (Phi) is 3.45. The van der Waals surface area contributed by atoms with E-state index in [4.69, 9.17) is 11.8 Å². The molecule has 0 fully saturated rings. The molecule has 146 valence electrons. The van der Waals surface area contributed by atoms with Crippen LogP contribution < -0.4 is 15.3 Å². The van der Waals surface area contributed by atoms with Crippen molar-refractivity contribution < 1.29 is 0 Å². The lowest BCUT2D eigenvalue weighted by atomic mass is 9.98. The molecule has 0 N–H and O–H groups in total. The first-order valence-corrected chi connectivity index (χ1v) is 13.1. The molecule has 0 aliphatic carbocycles. The van der Waals surface area contributed by atoms with Crippen LogP contribution in [0.4, 0.5) is 11.4 Å². The van der Waals surface area contributed by atoms with Gasteiger partial charge in [-0.15, -0.1) is 0 Å². The highest BCUT2D eigenvalue weighted by Crippen LogP contribution is 2.65. The van der Waals surface area contributed by atoms with Crippen molar-refractivity contribution in [2.75, 3.05) is 4.67 Å². The van der Waals surface area contributed by atoms with Crippen LogP contribution in [-0.2, 0) is 11.8 Å². The van der Waals surface area contributed by atoms with E-state index < -0.39 is 6.19 Å². The zero-order chi connectivity index (χ0) is 20.6. The SMILES string of the molecule is S=P12c3ccccc3-c3cnccc3N1c1ccccc1-c1cc3ccccc3cc12. The summed E-state index contributed by atoms with van der Waals surface area (Å²) < 4.78 is 2.45. The Hall–Kier alpha value is -3.26. The standard InChI is InChI=1S/C27H17N2PS/c31-30-26-12-6-4-10-21(26)23-17-28-14-13-25(23)29(30)24-11-5-3-9-20(24)22-15-18-7-1-2-8-19(18)16-27(22)30/h1-17H. The monoisotopic (exact) mass is 432 g/mol. The third-order valence-corrected chi connectivity index (χ3v) is 11.2. The zero-order valence-corrected chi connectivity index (χ0v) is 18.3. The van der Waals surface area contributed by atoms with Crippen molar-refractivity contribution in [3.05, 3.63) is 103 Å². The van der Waals surface area contributed by atoms with E-state index in [-0.39, 0.29) is 0 Å². The van der Waals surface area contributed by atoms with Gasteiger partial charge in [0.2, 0.25) is 0 Å². The summed E-state index contributed by atoms with van der Waals surface area (Å²) in [6.07, 6.45) is 1.53. The molecule has 1 atom stereocenters. The summed E-state index contributed by atoms with van der Waals surface area (Å²) in [5, 5.41) is 5.01. The van der Waals surface area contributed by atoms with Gasteiger partial charge in [0.05, 0.1) is 17.6 Å². The topological polar surface area (TPSA) is 16.1 Å². The molecule has 0 amide bonds. The van der Waals surface area contributed by atoms with Gasteiger partial charge in [0.1, 0.15) is 0 Å². The summed E-state index contributed by atoms with van der Waals surface area (Å²) in [5.41, 5.74) is 7.22. The van der Waals surface area contributed by atoms with Crippen LogP contribution in [0.5, 0.6) is 0 Å². The molecule has 5 aromatic rings. The van der Waals surface area contributed by atoms with Gasteiger partial charge in [0.15, 0.2) is 0 Å². The molecule has 2 nitrogen and oxygen atoms in total. The summed E-state index contributed by atoms with van der Waals surface area (Å²) in [5.74, 6) is 0. The molecule has 0 saturated heterocycles. The fraction of sp³-hybridized carbons (Fsp3) is 0. The Bertz CT molecular complexity index is 1590. The summed E-state index contributed by atoms with van der Waals surface area (Å²) >= 11 is 6.77. The highest BCUT2D eigenvalue weighted by atomic mass is 32.4. The molecule has 2 aliphatic heterocycles. The Morgan fingerprint density at radius 2 is 1.29 bits per heavy atom. The highest BCUT2D eigenvalue weighted by molar-refractivity contribution is 8.23. The molecule has 0 bridgehead atoms. The van der Waals surface area contributed by atoms with Crippen LogP contribution in [0.1, 0.15) is 0 Å². The maximum atomic E-state index is 6.77. The smallest absolute Gasteiger partial charge is 0.0985 e. The van der Waals surface area contributed by atoms with Crippen molar-refractivity contribution in [2.24, 2.45) is 0 Å². The van der Waals surface area contributed by atoms with Crippen molar-refractivity contribution in [1.29, 1.82) is 0 Å². The van der Waals surface area contributed by atoms with E-state index in [1.54, 1.807) is 0 Å². The van der Waals surface area contributed by atoms with Crippen LogP contribution >= 0.6 is 6.19 Å². The lowest BCUT2D eigenvalue weighted by Gasteiger charge is -2.47. The second kappa shape index (κ2) is 6.13.